The SMILES string of the molecule is B[C@@H]1C[C@](C=C=C)(CO)CC1F. The second-order valence-electron chi connectivity index (χ2n) is 3.77. The minimum absolute atomic E-state index is 0.000278. The first kappa shape index (κ1) is 9.56. The molecule has 12 heavy (non-hydrogen) atoms. The molecule has 0 aromatic carbocycles. The van der Waals surface area contributed by atoms with Crippen LogP contribution in [0, 0.1) is 5.41 Å². The van der Waals surface area contributed by atoms with Crippen LogP contribution in [0.1, 0.15) is 12.8 Å². The molecule has 1 rings (SSSR count). The van der Waals surface area contributed by atoms with Gasteiger partial charge in [0.05, 0.1) is 12.8 Å². The maximum atomic E-state index is 13.1. The number of halogens is 1. The zero-order valence-corrected chi connectivity index (χ0v) is 7.39. The summed E-state index contributed by atoms with van der Waals surface area (Å²) >= 11 is 0. The van der Waals surface area contributed by atoms with Gasteiger partial charge < -0.3 is 5.11 Å². The Bertz CT molecular complexity index is 201. The molecule has 1 saturated carbocycles. The molecular weight excluding hydrogens is 154 g/mol. The van der Waals surface area contributed by atoms with Gasteiger partial charge in [-0.25, -0.2) is 4.39 Å². The third-order valence-electron chi connectivity index (χ3n) is 2.67. The molecule has 3 heteroatoms. The number of alkyl halides is 1. The Balaban J connectivity index is 2.78. The van der Waals surface area contributed by atoms with Crippen molar-refractivity contribution in [2.24, 2.45) is 5.41 Å². The van der Waals surface area contributed by atoms with Crippen molar-refractivity contribution in [3.8, 4) is 0 Å². The molecule has 0 aliphatic heterocycles. The Morgan fingerprint density at radius 3 is 2.75 bits per heavy atom. The fraction of sp³-hybridized carbons (Fsp3) is 0.667. The van der Waals surface area contributed by atoms with Crippen LogP contribution in [0.15, 0.2) is 18.4 Å². The molecule has 0 aromatic heterocycles. The minimum atomic E-state index is -0.790. The molecule has 0 amide bonds. The van der Waals surface area contributed by atoms with Crippen LogP contribution in [-0.4, -0.2) is 25.7 Å². The third-order valence-corrected chi connectivity index (χ3v) is 2.67. The molecule has 0 spiro atoms. The van der Waals surface area contributed by atoms with Gasteiger partial charge in [-0.15, -0.1) is 5.73 Å². The van der Waals surface area contributed by atoms with Crippen molar-refractivity contribution in [1.29, 1.82) is 0 Å². The van der Waals surface area contributed by atoms with E-state index in [-0.39, 0.29) is 17.8 Å². The van der Waals surface area contributed by atoms with Crippen molar-refractivity contribution < 1.29 is 9.50 Å². The molecule has 1 N–H and O–H groups in total. The van der Waals surface area contributed by atoms with E-state index in [0.29, 0.717) is 12.8 Å². The van der Waals surface area contributed by atoms with Crippen molar-refractivity contribution >= 4 is 7.85 Å². The molecule has 1 fully saturated rings. The number of aliphatic hydroxyl groups is 1. The highest BCUT2D eigenvalue weighted by Gasteiger charge is 2.41. The van der Waals surface area contributed by atoms with Crippen LogP contribution in [0.5, 0.6) is 0 Å². The predicted octanol–water partition coefficient (Wildman–Crippen LogP) is 0.860. The Labute approximate surface area is 73.4 Å². The van der Waals surface area contributed by atoms with Crippen LogP contribution >= 0.6 is 0 Å². The van der Waals surface area contributed by atoms with Gasteiger partial charge in [0.2, 0.25) is 0 Å². The molecule has 0 bridgehead atoms. The lowest BCUT2D eigenvalue weighted by Gasteiger charge is -2.20. The zero-order chi connectivity index (χ0) is 9.19. The van der Waals surface area contributed by atoms with Crippen molar-refractivity contribution in [2.75, 3.05) is 6.61 Å². The van der Waals surface area contributed by atoms with Gasteiger partial charge in [0, 0.05) is 5.41 Å². The molecule has 0 radical (unpaired) electrons. The highest BCUT2D eigenvalue weighted by atomic mass is 19.1. The van der Waals surface area contributed by atoms with Gasteiger partial charge >= 0.3 is 0 Å². The number of hydrogen-bond acceptors (Lipinski definition) is 1. The zero-order valence-electron chi connectivity index (χ0n) is 7.39. The van der Waals surface area contributed by atoms with E-state index in [2.05, 4.69) is 12.3 Å². The number of hydrogen-bond donors (Lipinski definition) is 1. The fourth-order valence-electron chi connectivity index (χ4n) is 1.95. The van der Waals surface area contributed by atoms with Gasteiger partial charge in [-0.3, -0.25) is 0 Å². The quantitative estimate of drug-likeness (QED) is 0.478. The summed E-state index contributed by atoms with van der Waals surface area (Å²) in [7, 11) is 1.87. The van der Waals surface area contributed by atoms with Crippen LogP contribution in [-0.2, 0) is 0 Å². The second kappa shape index (κ2) is 3.46. The lowest BCUT2D eigenvalue weighted by Crippen LogP contribution is -2.18. The standard InChI is InChI=1S/C9H14BFO/c1-2-3-9(6-12)4-7(10)8(11)5-9/h3,7-8,12H,1,4-6,10H2/t7-,8?,9+/m1/s1. The summed E-state index contributed by atoms with van der Waals surface area (Å²) in [6, 6.07) is 0. The van der Waals surface area contributed by atoms with Crippen LogP contribution in [0.3, 0.4) is 0 Å². The van der Waals surface area contributed by atoms with E-state index < -0.39 is 6.17 Å². The van der Waals surface area contributed by atoms with Crippen LogP contribution in [0.4, 0.5) is 4.39 Å². The molecule has 0 saturated heterocycles. The summed E-state index contributed by atoms with van der Waals surface area (Å²) in [6.07, 6.45) is 2.03. The highest BCUT2D eigenvalue weighted by Crippen LogP contribution is 2.45. The van der Waals surface area contributed by atoms with Gasteiger partial charge in [0.15, 0.2) is 0 Å². The normalized spacial score (nSPS) is 40.8. The predicted molar refractivity (Wildman–Crippen MR) is 49.7 cm³/mol. The maximum absolute atomic E-state index is 13.1. The van der Waals surface area contributed by atoms with E-state index in [1.807, 2.05) is 7.85 Å². The van der Waals surface area contributed by atoms with Crippen molar-refractivity contribution in [3.63, 3.8) is 0 Å². The van der Waals surface area contributed by atoms with E-state index in [4.69, 9.17) is 5.11 Å². The molecule has 1 aliphatic carbocycles. The Morgan fingerprint density at radius 1 is 1.75 bits per heavy atom. The van der Waals surface area contributed by atoms with Gasteiger partial charge in [-0.05, 0) is 24.7 Å². The Hall–Kier alpha value is -0.525. The van der Waals surface area contributed by atoms with Crippen molar-refractivity contribution in [2.45, 2.75) is 24.8 Å². The molecule has 3 atom stereocenters. The molecule has 1 unspecified atom stereocenters. The number of rotatable bonds is 2. The first-order chi connectivity index (χ1) is 5.63. The molecule has 1 nitrogen and oxygen atoms in total. The Morgan fingerprint density at radius 2 is 2.42 bits per heavy atom. The van der Waals surface area contributed by atoms with E-state index >= 15 is 0 Å². The third kappa shape index (κ3) is 1.62. The minimum Gasteiger partial charge on any atom is -0.395 e. The lowest BCUT2D eigenvalue weighted by molar-refractivity contribution is 0.164. The first-order valence-electron chi connectivity index (χ1n) is 4.25. The fourth-order valence-corrected chi connectivity index (χ4v) is 1.95. The van der Waals surface area contributed by atoms with Gasteiger partial charge in [-0.2, -0.15) is 0 Å². The van der Waals surface area contributed by atoms with Gasteiger partial charge in [-0.1, -0.05) is 6.58 Å². The summed E-state index contributed by atoms with van der Waals surface area (Å²) in [4.78, 5) is 0. The lowest BCUT2D eigenvalue weighted by atomic mass is 9.80. The smallest absolute Gasteiger partial charge is 0.109 e. The van der Waals surface area contributed by atoms with Crippen LogP contribution in [0.25, 0.3) is 0 Å². The summed E-state index contributed by atoms with van der Waals surface area (Å²) in [6.45, 7) is 3.45. The summed E-state index contributed by atoms with van der Waals surface area (Å²) in [5, 5.41) is 9.12. The van der Waals surface area contributed by atoms with Crippen LogP contribution in [0.2, 0.25) is 5.82 Å². The van der Waals surface area contributed by atoms with E-state index in [1.165, 1.54) is 0 Å². The van der Waals surface area contributed by atoms with Gasteiger partial charge in [0.25, 0.3) is 0 Å². The summed E-state index contributed by atoms with van der Waals surface area (Å²) in [5.41, 5.74) is 2.25. The van der Waals surface area contributed by atoms with E-state index in [1.54, 1.807) is 6.08 Å². The molecular formula is C9H14BFO. The van der Waals surface area contributed by atoms with E-state index in [9.17, 15) is 4.39 Å². The van der Waals surface area contributed by atoms with Crippen molar-refractivity contribution in [3.05, 3.63) is 18.4 Å². The molecule has 1 aliphatic rings. The van der Waals surface area contributed by atoms with Gasteiger partial charge in [0.1, 0.15) is 7.85 Å². The summed E-state index contributed by atoms with van der Waals surface area (Å²) < 4.78 is 13.1. The Kier molecular flexibility index (Phi) is 2.76. The van der Waals surface area contributed by atoms with Crippen molar-refractivity contribution in [1.82, 2.24) is 0 Å². The monoisotopic (exact) mass is 168 g/mol. The van der Waals surface area contributed by atoms with E-state index in [0.717, 1.165) is 0 Å². The first-order valence-corrected chi connectivity index (χ1v) is 4.25. The average Bonchev–Trinajstić information content (AvgIpc) is 2.30. The maximum Gasteiger partial charge on any atom is 0.109 e. The van der Waals surface area contributed by atoms with Crippen LogP contribution < -0.4 is 0 Å². The summed E-state index contributed by atoms with van der Waals surface area (Å²) in [5.74, 6) is 0.0433. The molecule has 0 aromatic rings. The second-order valence-corrected chi connectivity index (χ2v) is 3.77. The topological polar surface area (TPSA) is 20.2 Å². The average molecular weight is 168 g/mol. The highest BCUT2D eigenvalue weighted by molar-refractivity contribution is 6.12. The molecule has 66 valence electrons. The largest absolute Gasteiger partial charge is 0.395 e. The molecule has 0 heterocycles. The number of aliphatic hydroxyl groups excluding tert-OH is 1.